The van der Waals surface area contributed by atoms with E-state index in [0.717, 1.165) is 12.1 Å². The molecule has 3 aromatic carbocycles. The maximum absolute atomic E-state index is 14.2. The highest BCUT2D eigenvalue weighted by molar-refractivity contribution is 5.63. The van der Waals surface area contributed by atoms with E-state index >= 15 is 0 Å². The molecule has 4 nitrogen and oxygen atoms in total. The Balaban J connectivity index is 2.09. The first kappa shape index (κ1) is 32.7. The quantitative estimate of drug-likeness (QED) is 0.128. The van der Waals surface area contributed by atoms with Gasteiger partial charge in [0.2, 0.25) is 0 Å². The van der Waals surface area contributed by atoms with Gasteiger partial charge in [0, 0.05) is 10.8 Å². The van der Waals surface area contributed by atoms with Gasteiger partial charge in [0.1, 0.15) is 11.5 Å². The highest BCUT2D eigenvalue weighted by Crippen LogP contribution is 2.51. The summed E-state index contributed by atoms with van der Waals surface area (Å²) in [6, 6.07) is 8.91. The molecule has 0 amide bonds. The fraction of sp³-hybridized carbons (Fsp3) is 0.357. The monoisotopic (exact) mass is 612 g/mol. The van der Waals surface area contributed by atoms with E-state index in [0.29, 0.717) is 23.3 Å². The largest absolute Gasteiger partial charge is 0.505 e. The predicted molar refractivity (Wildman–Crippen MR) is 136 cm³/mol. The van der Waals surface area contributed by atoms with Crippen LogP contribution in [-0.2, 0) is 22.7 Å². The van der Waals surface area contributed by atoms with Gasteiger partial charge in [-0.1, -0.05) is 52.0 Å². The normalized spacial score (nSPS) is 13.9. The molecule has 0 fully saturated rings. The smallest absolute Gasteiger partial charge is 0.458 e. The fourth-order valence-electron chi connectivity index (χ4n) is 4.46. The summed E-state index contributed by atoms with van der Waals surface area (Å²) in [5.41, 5.74) is 4.23. The van der Waals surface area contributed by atoms with Crippen LogP contribution >= 0.6 is 0 Å². The Hall–Kier alpha value is -3.84. The Labute approximate surface area is 233 Å². The summed E-state index contributed by atoms with van der Waals surface area (Å²) in [6.07, 6.45) is -12.0. The number of benzene rings is 3. The summed E-state index contributed by atoms with van der Waals surface area (Å²) >= 11 is 0. The van der Waals surface area contributed by atoms with Crippen molar-refractivity contribution in [2.75, 3.05) is 11.5 Å². The Bertz CT molecular complexity index is 1380. The molecule has 0 saturated heterocycles. The third kappa shape index (κ3) is 5.26. The van der Waals surface area contributed by atoms with Gasteiger partial charge in [-0.3, -0.25) is 0 Å². The lowest BCUT2D eigenvalue weighted by Gasteiger charge is -2.31. The highest BCUT2D eigenvalue weighted by atomic mass is 19.4. The molecule has 230 valence electrons. The standard InChI is InChI=1S/C28H26F10N2O2/c1-23(2,15-9-17(21(41)19(39)11-15)25(29,30)27(33,34)35)13-5-7-14(8-6-13)24(3,4)16-10-18(22(42)20(40)12-16)26(31,32)28(36,37)38/h5-12,41-42H,39-40H2,1-4H3. The number of rotatable bonds is 6. The number of alkyl halides is 10. The maximum Gasteiger partial charge on any atom is 0.458 e. The van der Waals surface area contributed by atoms with Gasteiger partial charge in [0.15, 0.2) is 0 Å². The minimum Gasteiger partial charge on any atom is -0.505 e. The number of nitrogen functional groups attached to an aromatic ring is 2. The second kappa shape index (κ2) is 9.87. The van der Waals surface area contributed by atoms with Gasteiger partial charge >= 0.3 is 24.2 Å². The van der Waals surface area contributed by atoms with Crippen LogP contribution in [0, 0.1) is 0 Å². The van der Waals surface area contributed by atoms with Crippen molar-refractivity contribution >= 4 is 11.4 Å². The van der Waals surface area contributed by atoms with Gasteiger partial charge in [0.05, 0.1) is 22.5 Å². The molecule has 3 aromatic rings. The van der Waals surface area contributed by atoms with Gasteiger partial charge in [-0.15, -0.1) is 0 Å². The summed E-state index contributed by atoms with van der Waals surface area (Å²) in [6.45, 7) is 5.95. The molecule has 14 heteroatoms. The third-order valence-electron chi connectivity index (χ3n) is 7.44. The molecule has 0 unspecified atom stereocenters. The van der Waals surface area contributed by atoms with Crippen molar-refractivity contribution in [3.8, 4) is 11.5 Å². The molecule has 0 bridgehead atoms. The van der Waals surface area contributed by atoms with Crippen LogP contribution < -0.4 is 11.5 Å². The Morgan fingerprint density at radius 3 is 0.976 bits per heavy atom. The summed E-state index contributed by atoms with van der Waals surface area (Å²) in [4.78, 5) is 0. The SMILES string of the molecule is CC(C)(c1ccc(C(C)(C)c2cc(N)c(O)c(C(F)(F)C(F)(F)F)c2)cc1)c1cc(N)c(O)c(C(F)(F)C(F)(F)F)c1. The van der Waals surface area contributed by atoms with Crippen LogP contribution in [0.4, 0.5) is 55.3 Å². The van der Waals surface area contributed by atoms with Crippen LogP contribution in [0.5, 0.6) is 11.5 Å². The van der Waals surface area contributed by atoms with E-state index < -0.39 is 69.0 Å². The van der Waals surface area contributed by atoms with E-state index in [-0.39, 0.29) is 11.1 Å². The lowest BCUT2D eigenvalue weighted by atomic mass is 9.73. The lowest BCUT2D eigenvalue weighted by Crippen LogP contribution is -2.34. The molecule has 6 N–H and O–H groups in total. The van der Waals surface area contributed by atoms with Crippen LogP contribution in [0.15, 0.2) is 48.5 Å². The van der Waals surface area contributed by atoms with Crippen molar-refractivity contribution in [2.24, 2.45) is 0 Å². The number of anilines is 2. The van der Waals surface area contributed by atoms with Gasteiger partial charge in [-0.05, 0) is 46.5 Å². The minimum absolute atomic E-state index is 0.103. The highest BCUT2D eigenvalue weighted by Gasteiger charge is 2.61. The molecule has 0 atom stereocenters. The van der Waals surface area contributed by atoms with Crippen LogP contribution in [-0.4, -0.2) is 22.6 Å². The average molecular weight is 613 g/mol. The second-order valence-corrected chi connectivity index (χ2v) is 10.9. The molecule has 0 aliphatic carbocycles. The van der Waals surface area contributed by atoms with E-state index in [2.05, 4.69) is 0 Å². The Morgan fingerprint density at radius 1 is 0.476 bits per heavy atom. The second-order valence-electron chi connectivity index (χ2n) is 10.9. The van der Waals surface area contributed by atoms with E-state index in [1.165, 1.54) is 52.0 Å². The van der Waals surface area contributed by atoms with Gasteiger partial charge in [-0.25, -0.2) is 0 Å². The number of hydrogen-bond donors (Lipinski definition) is 4. The average Bonchev–Trinajstić information content (AvgIpc) is 2.85. The van der Waals surface area contributed by atoms with Gasteiger partial charge in [0.25, 0.3) is 0 Å². The van der Waals surface area contributed by atoms with Gasteiger partial charge in [-0.2, -0.15) is 43.9 Å². The number of phenols is 2. The summed E-state index contributed by atoms with van der Waals surface area (Å²) in [5.74, 6) is -13.7. The van der Waals surface area contributed by atoms with E-state index in [9.17, 15) is 54.1 Å². The molecule has 0 spiro atoms. The van der Waals surface area contributed by atoms with Crippen LogP contribution in [0.1, 0.15) is 61.1 Å². The third-order valence-corrected chi connectivity index (χ3v) is 7.44. The number of nitrogens with two attached hydrogens (primary N) is 2. The molecule has 0 heterocycles. The lowest BCUT2D eigenvalue weighted by molar-refractivity contribution is -0.289. The molecule has 42 heavy (non-hydrogen) atoms. The maximum atomic E-state index is 14.2. The van der Waals surface area contributed by atoms with Crippen molar-refractivity contribution in [3.05, 3.63) is 81.9 Å². The Morgan fingerprint density at radius 2 is 0.738 bits per heavy atom. The summed E-state index contributed by atoms with van der Waals surface area (Å²) in [5, 5.41) is 19.8. The first-order chi connectivity index (χ1) is 18.8. The first-order valence-corrected chi connectivity index (χ1v) is 12.0. The molecule has 0 aliphatic heterocycles. The van der Waals surface area contributed by atoms with Gasteiger partial charge < -0.3 is 21.7 Å². The number of phenolic OH excluding ortho intramolecular Hbond substituents is 2. The van der Waals surface area contributed by atoms with Crippen molar-refractivity contribution in [3.63, 3.8) is 0 Å². The number of hydrogen-bond acceptors (Lipinski definition) is 4. The van der Waals surface area contributed by atoms with Crippen molar-refractivity contribution in [1.29, 1.82) is 0 Å². The zero-order valence-corrected chi connectivity index (χ0v) is 22.4. The number of aromatic hydroxyl groups is 2. The van der Waals surface area contributed by atoms with E-state index in [4.69, 9.17) is 11.5 Å². The molecule has 0 radical (unpaired) electrons. The van der Waals surface area contributed by atoms with Crippen LogP contribution in [0.25, 0.3) is 0 Å². The first-order valence-electron chi connectivity index (χ1n) is 12.0. The molecule has 3 rings (SSSR count). The molecular formula is C28H26F10N2O2. The van der Waals surface area contributed by atoms with E-state index in [1.54, 1.807) is 0 Å². The topological polar surface area (TPSA) is 92.5 Å². The molecule has 0 aromatic heterocycles. The zero-order valence-electron chi connectivity index (χ0n) is 22.4. The van der Waals surface area contributed by atoms with E-state index in [1.807, 2.05) is 0 Å². The predicted octanol–water partition coefficient (Wildman–Crippen LogP) is 8.22. The van der Waals surface area contributed by atoms with Crippen molar-refractivity contribution in [1.82, 2.24) is 0 Å². The molecule has 0 aliphatic rings. The summed E-state index contributed by atoms with van der Waals surface area (Å²) < 4.78 is 135. The molecule has 0 saturated carbocycles. The fourth-order valence-corrected chi connectivity index (χ4v) is 4.46. The van der Waals surface area contributed by atoms with Crippen molar-refractivity contribution < 1.29 is 54.1 Å². The molecular weight excluding hydrogens is 586 g/mol. The Kier molecular flexibility index (Phi) is 7.68. The van der Waals surface area contributed by atoms with Crippen LogP contribution in [0.3, 0.4) is 0 Å². The zero-order chi connectivity index (χ0) is 32.4. The summed E-state index contributed by atoms with van der Waals surface area (Å²) in [7, 11) is 0. The van der Waals surface area contributed by atoms with Crippen molar-refractivity contribution in [2.45, 2.75) is 62.7 Å². The number of halogens is 10. The van der Waals surface area contributed by atoms with Crippen LogP contribution in [0.2, 0.25) is 0 Å². The minimum atomic E-state index is -6.02.